The van der Waals surface area contributed by atoms with Gasteiger partial charge in [-0.3, -0.25) is 9.36 Å². The number of hydrogen-bond donors (Lipinski definition) is 1. The highest BCUT2D eigenvalue weighted by Gasteiger charge is 2.29. The number of methoxy groups -OCH3 is 1. The molecule has 8 nitrogen and oxygen atoms in total. The number of benzene rings is 1. The highest BCUT2D eigenvalue weighted by atomic mass is 32.2. The molecular formula is C17H24N4O4S. The number of nitrogens with two attached hydrogens (primary N) is 1. The number of carbonyl (C=O) groups excluding carboxylic acids is 1. The summed E-state index contributed by atoms with van der Waals surface area (Å²) in [5.74, 6) is -1.26. The lowest BCUT2D eigenvalue weighted by atomic mass is 10.1. The Bertz CT molecular complexity index is 859. The van der Waals surface area contributed by atoms with Gasteiger partial charge in [-0.05, 0) is 18.9 Å². The number of rotatable bonds is 8. The Kier molecular flexibility index (Phi) is 6.49. The Morgan fingerprint density at radius 1 is 1.27 bits per heavy atom. The van der Waals surface area contributed by atoms with Crippen molar-refractivity contribution < 1.29 is 17.9 Å². The van der Waals surface area contributed by atoms with Crippen LogP contribution >= 0.6 is 0 Å². The summed E-state index contributed by atoms with van der Waals surface area (Å²) in [6, 6.07) is 7.24. The van der Waals surface area contributed by atoms with Crippen LogP contribution in [0.1, 0.15) is 42.8 Å². The molecule has 0 aliphatic carbocycles. The van der Waals surface area contributed by atoms with Crippen LogP contribution in [0.5, 0.6) is 0 Å². The van der Waals surface area contributed by atoms with Crippen LogP contribution in [-0.4, -0.2) is 42.0 Å². The van der Waals surface area contributed by atoms with Gasteiger partial charge in [-0.1, -0.05) is 43.2 Å². The zero-order valence-corrected chi connectivity index (χ0v) is 16.0. The lowest BCUT2D eigenvalue weighted by Crippen LogP contribution is -2.23. The van der Waals surface area contributed by atoms with Crippen molar-refractivity contribution in [1.82, 2.24) is 14.8 Å². The van der Waals surface area contributed by atoms with Gasteiger partial charge in [0, 0.05) is 0 Å². The minimum atomic E-state index is -4.00. The first-order chi connectivity index (χ1) is 12.3. The Morgan fingerprint density at radius 3 is 2.50 bits per heavy atom. The third kappa shape index (κ3) is 4.67. The molecule has 9 heteroatoms. The Morgan fingerprint density at radius 2 is 1.92 bits per heavy atom. The van der Waals surface area contributed by atoms with E-state index in [0.29, 0.717) is 12.2 Å². The molecular weight excluding hydrogens is 356 g/mol. The van der Waals surface area contributed by atoms with E-state index in [0.717, 1.165) is 24.7 Å². The molecule has 26 heavy (non-hydrogen) atoms. The van der Waals surface area contributed by atoms with Gasteiger partial charge in [0.05, 0.1) is 19.7 Å². The molecule has 1 aromatic heterocycles. The zero-order chi connectivity index (χ0) is 19.3. The van der Waals surface area contributed by atoms with Gasteiger partial charge in [-0.2, -0.15) is 0 Å². The molecule has 2 rings (SSSR count). The third-order valence-corrected chi connectivity index (χ3v) is 5.43. The summed E-state index contributed by atoms with van der Waals surface area (Å²) in [7, 11) is -2.86. The van der Waals surface area contributed by atoms with Crippen molar-refractivity contribution in [3.05, 3.63) is 41.2 Å². The number of ether oxygens (including phenoxy) is 1. The number of hydrogen-bond acceptors (Lipinski definition) is 7. The maximum Gasteiger partial charge on any atom is 0.321 e. The Balaban J connectivity index is 2.48. The molecule has 1 heterocycles. The number of aromatic nitrogens is 3. The van der Waals surface area contributed by atoms with E-state index in [1.54, 1.807) is 0 Å². The second-order valence-electron chi connectivity index (χ2n) is 6.14. The van der Waals surface area contributed by atoms with E-state index in [1.807, 2.05) is 38.1 Å². The maximum atomic E-state index is 12.6. The van der Waals surface area contributed by atoms with Crippen molar-refractivity contribution in [3.63, 3.8) is 0 Å². The molecule has 0 radical (unpaired) electrons. The molecule has 1 unspecified atom stereocenters. The minimum Gasteiger partial charge on any atom is -0.468 e. The van der Waals surface area contributed by atoms with E-state index >= 15 is 0 Å². The Hall–Kier alpha value is -2.26. The smallest absolute Gasteiger partial charge is 0.321 e. The normalized spacial score (nSPS) is 12.8. The highest BCUT2D eigenvalue weighted by Crippen LogP contribution is 2.20. The molecule has 2 aromatic rings. The quantitative estimate of drug-likeness (QED) is 0.687. The van der Waals surface area contributed by atoms with Gasteiger partial charge in [0.25, 0.3) is 5.16 Å². The average molecular weight is 380 g/mol. The fourth-order valence-electron chi connectivity index (χ4n) is 2.55. The summed E-state index contributed by atoms with van der Waals surface area (Å²) >= 11 is 0. The van der Waals surface area contributed by atoms with Gasteiger partial charge in [-0.15, -0.1) is 10.2 Å². The standard InChI is InChI=1S/C17H24N4O4S/c1-4-5-14(18)16-19-20-17(26(23,24)11-15(22)25-3)21(16)10-13-8-6-12(2)7-9-13/h6-9,14H,4-5,10-11,18H2,1-3H3. The molecule has 0 fully saturated rings. The number of sulfone groups is 1. The fraction of sp³-hybridized carbons (Fsp3) is 0.471. The van der Waals surface area contributed by atoms with Crippen LogP contribution in [0.15, 0.2) is 29.4 Å². The molecule has 1 atom stereocenters. The van der Waals surface area contributed by atoms with Crippen molar-refractivity contribution in [2.75, 3.05) is 12.9 Å². The second-order valence-corrected chi connectivity index (χ2v) is 8.03. The van der Waals surface area contributed by atoms with Crippen molar-refractivity contribution in [2.24, 2.45) is 5.73 Å². The summed E-state index contributed by atoms with van der Waals surface area (Å²) in [5, 5.41) is 7.56. The maximum absolute atomic E-state index is 12.6. The first kappa shape index (κ1) is 20.1. The molecule has 0 bridgehead atoms. The SMILES string of the molecule is CCCC(N)c1nnc(S(=O)(=O)CC(=O)OC)n1Cc1ccc(C)cc1. The van der Waals surface area contributed by atoms with Crippen LogP contribution in [0, 0.1) is 6.92 Å². The van der Waals surface area contributed by atoms with E-state index in [9.17, 15) is 13.2 Å². The first-order valence-electron chi connectivity index (χ1n) is 8.32. The molecule has 0 aliphatic rings. The topological polar surface area (TPSA) is 117 Å². The van der Waals surface area contributed by atoms with Crippen LogP contribution in [-0.2, 0) is 25.9 Å². The number of aryl methyl sites for hydroxylation is 1. The van der Waals surface area contributed by atoms with Gasteiger partial charge < -0.3 is 10.5 Å². The number of esters is 1. The monoisotopic (exact) mass is 380 g/mol. The zero-order valence-electron chi connectivity index (χ0n) is 15.2. The van der Waals surface area contributed by atoms with Gasteiger partial charge >= 0.3 is 5.97 Å². The van der Waals surface area contributed by atoms with Crippen LogP contribution in [0.4, 0.5) is 0 Å². The lowest BCUT2D eigenvalue weighted by Gasteiger charge is -2.14. The van der Waals surface area contributed by atoms with E-state index in [1.165, 1.54) is 4.57 Å². The van der Waals surface area contributed by atoms with Crippen LogP contribution < -0.4 is 5.73 Å². The molecule has 0 saturated carbocycles. The fourth-order valence-corrected chi connectivity index (χ4v) is 3.76. The highest BCUT2D eigenvalue weighted by molar-refractivity contribution is 7.91. The van der Waals surface area contributed by atoms with E-state index in [4.69, 9.17) is 5.73 Å². The first-order valence-corrected chi connectivity index (χ1v) is 9.97. The Labute approximate surface area is 153 Å². The largest absolute Gasteiger partial charge is 0.468 e. The summed E-state index contributed by atoms with van der Waals surface area (Å²) < 4.78 is 31.1. The average Bonchev–Trinajstić information content (AvgIpc) is 3.01. The van der Waals surface area contributed by atoms with Crippen LogP contribution in [0.25, 0.3) is 0 Å². The molecule has 0 aliphatic heterocycles. The minimum absolute atomic E-state index is 0.246. The summed E-state index contributed by atoms with van der Waals surface area (Å²) in [6.45, 7) is 4.20. The van der Waals surface area contributed by atoms with Crippen molar-refractivity contribution in [3.8, 4) is 0 Å². The summed E-state index contributed by atoms with van der Waals surface area (Å²) in [4.78, 5) is 11.5. The van der Waals surface area contributed by atoms with E-state index in [2.05, 4.69) is 14.9 Å². The molecule has 142 valence electrons. The third-order valence-electron chi connectivity index (χ3n) is 3.95. The van der Waals surface area contributed by atoms with Crippen LogP contribution in [0.3, 0.4) is 0 Å². The molecule has 0 spiro atoms. The van der Waals surface area contributed by atoms with Gasteiger partial charge in [0.15, 0.2) is 11.6 Å². The van der Waals surface area contributed by atoms with Crippen molar-refractivity contribution >= 4 is 15.8 Å². The van der Waals surface area contributed by atoms with Crippen LogP contribution in [0.2, 0.25) is 0 Å². The van der Waals surface area contributed by atoms with Gasteiger partial charge in [-0.25, -0.2) is 8.42 Å². The second kappa shape index (κ2) is 8.41. The predicted molar refractivity (Wildman–Crippen MR) is 96.2 cm³/mol. The van der Waals surface area contributed by atoms with Gasteiger partial charge in [0.2, 0.25) is 9.84 Å². The predicted octanol–water partition coefficient (Wildman–Crippen LogP) is 1.38. The number of nitrogens with zero attached hydrogens (tertiary/aromatic N) is 3. The number of carbonyl (C=O) groups is 1. The summed E-state index contributed by atoms with van der Waals surface area (Å²) in [5.41, 5.74) is 8.14. The molecule has 2 N–H and O–H groups in total. The molecule has 0 saturated heterocycles. The van der Waals surface area contributed by atoms with E-state index in [-0.39, 0.29) is 11.7 Å². The van der Waals surface area contributed by atoms with E-state index < -0.39 is 27.6 Å². The van der Waals surface area contributed by atoms with Crippen molar-refractivity contribution in [1.29, 1.82) is 0 Å². The lowest BCUT2D eigenvalue weighted by molar-refractivity contribution is -0.137. The van der Waals surface area contributed by atoms with Gasteiger partial charge in [0.1, 0.15) is 0 Å². The molecule has 0 amide bonds. The van der Waals surface area contributed by atoms with Crippen molar-refractivity contribution in [2.45, 2.75) is 44.4 Å². The molecule has 1 aromatic carbocycles. The summed E-state index contributed by atoms with van der Waals surface area (Å²) in [6.07, 6.45) is 1.46.